The normalized spacial score (nSPS) is 12.8. The Labute approximate surface area is 141 Å². The molecule has 130 valence electrons. The molecule has 0 saturated heterocycles. The number of aryl methyl sites for hydroxylation is 1. The van der Waals surface area contributed by atoms with Crippen molar-refractivity contribution in [2.45, 2.75) is 25.0 Å². The molecule has 24 heavy (non-hydrogen) atoms. The molecule has 2 aromatic heterocycles. The number of rotatable bonds is 6. The van der Waals surface area contributed by atoms with Gasteiger partial charge in [-0.25, -0.2) is 22.9 Å². The van der Waals surface area contributed by atoms with E-state index in [9.17, 15) is 18.0 Å². The number of aromatic nitrogens is 1. The number of hydrogen-bond donors (Lipinski definition) is 3. The van der Waals surface area contributed by atoms with Crippen LogP contribution in [0.15, 0.2) is 21.6 Å². The number of carbonyl (C=O) groups is 2. The van der Waals surface area contributed by atoms with Gasteiger partial charge in [0.25, 0.3) is 15.9 Å². The van der Waals surface area contributed by atoms with Crippen LogP contribution in [0.5, 0.6) is 0 Å². The van der Waals surface area contributed by atoms with Crippen LogP contribution < -0.4 is 10.0 Å². The maximum absolute atomic E-state index is 12.1. The maximum Gasteiger partial charge on any atom is 0.347 e. The Bertz CT molecular complexity index is 883. The van der Waals surface area contributed by atoms with Gasteiger partial charge in [-0.2, -0.15) is 0 Å². The average molecular weight is 373 g/mol. The Balaban J connectivity index is 2.15. The number of amides is 1. The number of carboxylic acid groups (broad SMARTS) is 1. The molecule has 1 amide bonds. The van der Waals surface area contributed by atoms with Crippen LogP contribution in [0.25, 0.3) is 0 Å². The van der Waals surface area contributed by atoms with Crippen molar-refractivity contribution < 1.29 is 27.5 Å². The van der Waals surface area contributed by atoms with E-state index in [1.54, 1.807) is 13.8 Å². The molecule has 0 aliphatic carbocycles. The van der Waals surface area contributed by atoms with E-state index in [0.717, 1.165) is 11.3 Å². The third-order valence-electron chi connectivity index (χ3n) is 3.06. The van der Waals surface area contributed by atoms with Crippen molar-refractivity contribution in [1.82, 2.24) is 15.0 Å². The summed E-state index contributed by atoms with van der Waals surface area (Å²) in [4.78, 5) is 27.4. The number of carbonyl (C=O) groups excluding carboxylic acids is 1. The van der Waals surface area contributed by atoms with Crippen LogP contribution in [0, 0.1) is 6.92 Å². The maximum atomic E-state index is 12.1. The van der Waals surface area contributed by atoms with Crippen LogP contribution in [-0.4, -0.2) is 37.4 Å². The number of nitrogens with one attached hydrogen (secondary N) is 2. The molecule has 0 bridgehead atoms. The zero-order chi connectivity index (χ0) is 18.1. The molecule has 2 aromatic rings. The summed E-state index contributed by atoms with van der Waals surface area (Å²) in [5, 5.41) is 11.7. The Kier molecular flexibility index (Phi) is 5.06. The molecule has 2 rings (SSSR count). The van der Waals surface area contributed by atoms with Gasteiger partial charge in [0.1, 0.15) is 9.88 Å². The number of aromatic carboxylic acids is 1. The predicted octanol–water partition coefficient (Wildman–Crippen LogP) is 1.14. The first-order valence-electron chi connectivity index (χ1n) is 6.70. The molecule has 9 nitrogen and oxygen atoms in total. The Morgan fingerprint density at radius 2 is 2.04 bits per heavy atom. The van der Waals surface area contributed by atoms with Gasteiger partial charge in [0, 0.05) is 0 Å². The van der Waals surface area contributed by atoms with Gasteiger partial charge in [-0.1, -0.05) is 0 Å². The highest BCUT2D eigenvalue weighted by atomic mass is 32.2. The molecule has 0 spiro atoms. The second-order valence-corrected chi connectivity index (χ2v) is 7.64. The minimum atomic E-state index is -3.78. The van der Waals surface area contributed by atoms with E-state index in [0.29, 0.717) is 10.7 Å². The predicted molar refractivity (Wildman–Crippen MR) is 84.6 cm³/mol. The van der Waals surface area contributed by atoms with Gasteiger partial charge >= 0.3 is 5.97 Å². The topological polar surface area (TPSA) is 139 Å². The summed E-state index contributed by atoms with van der Waals surface area (Å²) in [6.07, 6.45) is 0. The lowest BCUT2D eigenvalue weighted by atomic mass is 10.3. The van der Waals surface area contributed by atoms with Gasteiger partial charge in [-0.15, -0.1) is 11.3 Å². The first-order valence-corrected chi connectivity index (χ1v) is 9.00. The van der Waals surface area contributed by atoms with Gasteiger partial charge in [-0.05, 0) is 33.0 Å². The summed E-state index contributed by atoms with van der Waals surface area (Å²) in [6.45, 7) is 3.20. The molecule has 0 aromatic carbocycles. The zero-order valence-electron chi connectivity index (χ0n) is 13.0. The number of thiazole rings is 1. The van der Waals surface area contributed by atoms with E-state index in [1.807, 2.05) is 0 Å². The van der Waals surface area contributed by atoms with E-state index in [2.05, 4.69) is 15.0 Å². The molecule has 0 radical (unpaired) electrons. The molecule has 11 heteroatoms. The van der Waals surface area contributed by atoms with Crippen LogP contribution in [0.1, 0.15) is 43.9 Å². The third kappa shape index (κ3) is 3.63. The lowest BCUT2D eigenvalue weighted by Crippen LogP contribution is -2.26. The summed E-state index contributed by atoms with van der Waals surface area (Å²) < 4.78 is 30.3. The van der Waals surface area contributed by atoms with Crippen molar-refractivity contribution >= 4 is 33.2 Å². The van der Waals surface area contributed by atoms with Crippen molar-refractivity contribution in [3.05, 3.63) is 33.5 Å². The largest absolute Gasteiger partial charge is 0.477 e. The van der Waals surface area contributed by atoms with Crippen LogP contribution in [0.3, 0.4) is 0 Å². The fourth-order valence-corrected chi connectivity index (χ4v) is 3.37. The first-order chi connectivity index (χ1) is 11.2. The minimum absolute atomic E-state index is 0.103. The fourth-order valence-electron chi connectivity index (χ4n) is 1.82. The van der Waals surface area contributed by atoms with Gasteiger partial charge in [0.2, 0.25) is 5.09 Å². The number of hydrogen-bond acceptors (Lipinski definition) is 7. The third-order valence-corrected chi connectivity index (χ3v) is 5.68. The summed E-state index contributed by atoms with van der Waals surface area (Å²) in [5.74, 6) is -1.89. The highest BCUT2D eigenvalue weighted by Crippen LogP contribution is 2.24. The second-order valence-electron chi connectivity index (χ2n) is 4.79. The lowest BCUT2D eigenvalue weighted by Gasteiger charge is -2.09. The summed E-state index contributed by atoms with van der Waals surface area (Å²) in [6, 6.07) is 1.84. The molecule has 0 fully saturated rings. The Hall–Kier alpha value is -2.24. The zero-order valence-corrected chi connectivity index (χ0v) is 14.6. The van der Waals surface area contributed by atoms with Gasteiger partial charge in [-0.3, -0.25) is 4.79 Å². The summed E-state index contributed by atoms with van der Waals surface area (Å²) in [5.41, 5.74) is 0.365. The molecule has 0 aliphatic heterocycles. The second kappa shape index (κ2) is 6.71. The van der Waals surface area contributed by atoms with E-state index in [1.165, 1.54) is 19.2 Å². The summed E-state index contributed by atoms with van der Waals surface area (Å²) >= 11 is 0.964. The van der Waals surface area contributed by atoms with E-state index >= 15 is 0 Å². The molecule has 3 N–H and O–H groups in total. The molecular formula is C13H15N3O6S2. The molecule has 1 unspecified atom stereocenters. The molecule has 0 aliphatic rings. The van der Waals surface area contributed by atoms with Gasteiger partial charge in [0.05, 0.1) is 11.7 Å². The number of nitrogens with zero attached hydrogens (tertiary/aromatic N) is 1. The minimum Gasteiger partial charge on any atom is -0.477 e. The molecule has 0 saturated carbocycles. The lowest BCUT2D eigenvalue weighted by molar-refractivity contribution is 0.0700. The molecule has 2 heterocycles. The van der Waals surface area contributed by atoms with E-state index in [4.69, 9.17) is 9.52 Å². The SMILES string of the molecule is CNS(=O)(=O)c1ccc(C(=O)NC(C)c2nc(C)c(C(=O)O)s2)o1. The van der Waals surface area contributed by atoms with Gasteiger partial charge < -0.3 is 14.8 Å². The fraction of sp³-hybridized carbons (Fsp3) is 0.308. The van der Waals surface area contributed by atoms with E-state index < -0.39 is 27.9 Å². The van der Waals surface area contributed by atoms with E-state index in [-0.39, 0.29) is 15.7 Å². The highest BCUT2D eigenvalue weighted by molar-refractivity contribution is 7.89. The number of sulfonamides is 1. The van der Waals surface area contributed by atoms with Crippen molar-refractivity contribution in [3.63, 3.8) is 0 Å². The molecule has 1 atom stereocenters. The highest BCUT2D eigenvalue weighted by Gasteiger charge is 2.23. The van der Waals surface area contributed by atoms with Crippen molar-refractivity contribution in [1.29, 1.82) is 0 Å². The van der Waals surface area contributed by atoms with Crippen LogP contribution >= 0.6 is 11.3 Å². The van der Waals surface area contributed by atoms with Crippen molar-refractivity contribution in [3.8, 4) is 0 Å². The van der Waals surface area contributed by atoms with Crippen LogP contribution in [0.4, 0.5) is 0 Å². The van der Waals surface area contributed by atoms with Crippen LogP contribution in [0.2, 0.25) is 0 Å². The number of carboxylic acids is 1. The quantitative estimate of drug-likeness (QED) is 0.690. The van der Waals surface area contributed by atoms with Crippen LogP contribution in [-0.2, 0) is 10.0 Å². The monoisotopic (exact) mass is 373 g/mol. The molecular weight excluding hydrogens is 358 g/mol. The smallest absolute Gasteiger partial charge is 0.347 e. The van der Waals surface area contributed by atoms with Crippen molar-refractivity contribution in [2.24, 2.45) is 0 Å². The van der Waals surface area contributed by atoms with Crippen molar-refractivity contribution in [2.75, 3.05) is 7.05 Å². The Morgan fingerprint density at radius 3 is 2.58 bits per heavy atom. The number of furan rings is 1. The summed E-state index contributed by atoms with van der Waals surface area (Å²) in [7, 11) is -2.55. The first kappa shape index (κ1) is 18.1. The Morgan fingerprint density at radius 1 is 1.38 bits per heavy atom. The standard InChI is InChI=1S/C13H15N3O6S2/c1-6-10(13(18)19)23-12(16-6)7(2)15-11(17)8-4-5-9(22-8)24(20,21)14-3/h4-5,7,14H,1-3H3,(H,15,17)(H,18,19). The van der Waals surface area contributed by atoms with Gasteiger partial charge in [0.15, 0.2) is 5.76 Å². The average Bonchev–Trinajstić information content (AvgIpc) is 3.14.